The SMILES string of the molecule is CCOC(=O)C1(O)C[C@@H](c2ccc(OC)cc2)C2=C(CCCC2=O)O1. The van der Waals surface area contributed by atoms with Crippen molar-refractivity contribution in [2.75, 3.05) is 13.7 Å². The highest BCUT2D eigenvalue weighted by Gasteiger charge is 2.50. The molecule has 0 radical (unpaired) electrons. The zero-order valence-electron chi connectivity index (χ0n) is 14.4. The van der Waals surface area contributed by atoms with Crippen LogP contribution in [0.1, 0.15) is 44.1 Å². The van der Waals surface area contributed by atoms with Crippen LogP contribution in [0.3, 0.4) is 0 Å². The zero-order chi connectivity index (χ0) is 18.0. The molecule has 2 atom stereocenters. The van der Waals surface area contributed by atoms with Crippen LogP contribution in [-0.2, 0) is 19.1 Å². The third-order valence-corrected chi connectivity index (χ3v) is 4.64. The number of carbonyl (C=O) groups excluding carboxylic acids is 2. The molecule has 25 heavy (non-hydrogen) atoms. The van der Waals surface area contributed by atoms with E-state index in [4.69, 9.17) is 14.2 Å². The molecule has 0 saturated carbocycles. The van der Waals surface area contributed by atoms with Crippen molar-refractivity contribution in [1.29, 1.82) is 0 Å². The van der Waals surface area contributed by atoms with Crippen LogP contribution in [0.5, 0.6) is 5.75 Å². The van der Waals surface area contributed by atoms with Gasteiger partial charge in [-0.05, 0) is 31.0 Å². The summed E-state index contributed by atoms with van der Waals surface area (Å²) in [7, 11) is 1.58. The first-order valence-corrected chi connectivity index (χ1v) is 8.47. The van der Waals surface area contributed by atoms with Gasteiger partial charge in [0.25, 0.3) is 0 Å². The average Bonchev–Trinajstić information content (AvgIpc) is 2.61. The van der Waals surface area contributed by atoms with Crippen molar-refractivity contribution in [3.8, 4) is 5.75 Å². The Morgan fingerprint density at radius 1 is 1.32 bits per heavy atom. The van der Waals surface area contributed by atoms with Gasteiger partial charge in [0.1, 0.15) is 11.5 Å². The standard InChI is InChI=1S/C19H22O6/c1-3-24-18(21)19(22)11-14(12-7-9-13(23-2)10-8-12)17-15(20)5-4-6-16(17)25-19/h7-10,14,22H,3-6,11H2,1-2H3/t14-,19?/m0/s1. The molecule has 0 aromatic heterocycles. The molecule has 0 amide bonds. The molecule has 3 rings (SSSR count). The summed E-state index contributed by atoms with van der Waals surface area (Å²) in [6.07, 6.45) is 1.57. The molecule has 1 unspecified atom stereocenters. The second kappa shape index (κ2) is 6.88. The summed E-state index contributed by atoms with van der Waals surface area (Å²) >= 11 is 0. The fourth-order valence-electron chi connectivity index (χ4n) is 3.44. The number of hydrogen-bond donors (Lipinski definition) is 1. The summed E-state index contributed by atoms with van der Waals surface area (Å²) in [5.41, 5.74) is 1.39. The molecule has 1 aromatic rings. The van der Waals surface area contributed by atoms with Crippen LogP contribution in [0.2, 0.25) is 0 Å². The lowest BCUT2D eigenvalue weighted by atomic mass is 9.77. The normalized spacial score (nSPS) is 25.9. The molecule has 134 valence electrons. The molecule has 6 heteroatoms. The highest BCUT2D eigenvalue weighted by atomic mass is 16.7. The second-order valence-electron chi connectivity index (χ2n) is 6.25. The highest BCUT2D eigenvalue weighted by molar-refractivity contribution is 5.98. The zero-order valence-corrected chi connectivity index (χ0v) is 14.4. The highest BCUT2D eigenvalue weighted by Crippen LogP contribution is 2.45. The molecule has 6 nitrogen and oxygen atoms in total. The van der Waals surface area contributed by atoms with Gasteiger partial charge in [0.15, 0.2) is 5.78 Å². The van der Waals surface area contributed by atoms with E-state index in [1.165, 1.54) is 0 Å². The minimum atomic E-state index is -2.07. The number of rotatable bonds is 4. The monoisotopic (exact) mass is 346 g/mol. The summed E-state index contributed by atoms with van der Waals surface area (Å²) in [5.74, 6) is -2.21. The number of methoxy groups -OCH3 is 1. The molecule has 0 fully saturated rings. The fraction of sp³-hybridized carbons (Fsp3) is 0.474. The number of ketones is 1. The van der Waals surface area contributed by atoms with Crippen LogP contribution < -0.4 is 4.74 Å². The number of hydrogen-bond acceptors (Lipinski definition) is 6. The molecule has 2 aliphatic rings. The van der Waals surface area contributed by atoms with Crippen molar-refractivity contribution in [3.63, 3.8) is 0 Å². The van der Waals surface area contributed by atoms with Gasteiger partial charge in [0.2, 0.25) is 0 Å². The van der Waals surface area contributed by atoms with Crippen LogP contribution in [0.25, 0.3) is 0 Å². The number of carbonyl (C=O) groups is 2. The molecule has 0 spiro atoms. The van der Waals surface area contributed by atoms with Crippen LogP contribution in [0, 0.1) is 0 Å². The maximum Gasteiger partial charge on any atom is 0.379 e. The predicted octanol–water partition coefficient (Wildman–Crippen LogP) is 2.46. The van der Waals surface area contributed by atoms with E-state index >= 15 is 0 Å². The number of esters is 1. The number of benzene rings is 1. The van der Waals surface area contributed by atoms with Gasteiger partial charge >= 0.3 is 11.8 Å². The summed E-state index contributed by atoms with van der Waals surface area (Å²) < 4.78 is 15.7. The first-order valence-electron chi connectivity index (χ1n) is 8.47. The van der Waals surface area contributed by atoms with E-state index in [0.29, 0.717) is 36.3 Å². The quantitative estimate of drug-likeness (QED) is 0.844. The Hall–Kier alpha value is -2.34. The Morgan fingerprint density at radius 2 is 2.04 bits per heavy atom. The van der Waals surface area contributed by atoms with Gasteiger partial charge in [-0.1, -0.05) is 12.1 Å². The van der Waals surface area contributed by atoms with Gasteiger partial charge in [-0.25, -0.2) is 4.79 Å². The van der Waals surface area contributed by atoms with Crippen molar-refractivity contribution in [1.82, 2.24) is 0 Å². The number of aliphatic hydroxyl groups is 1. The summed E-state index contributed by atoms with van der Waals surface area (Å²) in [6, 6.07) is 7.27. The van der Waals surface area contributed by atoms with E-state index in [0.717, 1.165) is 5.56 Å². The Morgan fingerprint density at radius 3 is 2.68 bits per heavy atom. The van der Waals surface area contributed by atoms with E-state index in [2.05, 4.69) is 0 Å². The molecule has 1 aliphatic carbocycles. The Labute approximate surface area is 146 Å². The molecule has 1 aliphatic heterocycles. The smallest absolute Gasteiger partial charge is 0.379 e. The summed E-state index contributed by atoms with van der Waals surface area (Å²) in [5, 5.41) is 10.8. The van der Waals surface area contributed by atoms with Crippen molar-refractivity contribution in [2.45, 2.75) is 44.3 Å². The van der Waals surface area contributed by atoms with E-state index in [1.807, 2.05) is 12.1 Å². The minimum absolute atomic E-state index is 0.00739. The van der Waals surface area contributed by atoms with Gasteiger partial charge in [-0.15, -0.1) is 0 Å². The Balaban J connectivity index is 2.02. The summed E-state index contributed by atoms with van der Waals surface area (Å²) in [4.78, 5) is 24.7. The van der Waals surface area contributed by atoms with E-state index < -0.39 is 17.7 Å². The lowest BCUT2D eigenvalue weighted by molar-refractivity contribution is -0.224. The Kier molecular flexibility index (Phi) is 4.81. The molecule has 1 heterocycles. The average molecular weight is 346 g/mol. The lowest BCUT2D eigenvalue weighted by Crippen LogP contribution is -2.48. The van der Waals surface area contributed by atoms with Gasteiger partial charge in [-0.2, -0.15) is 0 Å². The maximum atomic E-state index is 12.5. The first-order chi connectivity index (χ1) is 12.0. The van der Waals surface area contributed by atoms with Crippen LogP contribution in [0.4, 0.5) is 0 Å². The molecular weight excluding hydrogens is 324 g/mol. The van der Waals surface area contributed by atoms with Crippen molar-refractivity contribution in [3.05, 3.63) is 41.2 Å². The molecular formula is C19H22O6. The topological polar surface area (TPSA) is 82.1 Å². The number of ether oxygens (including phenoxy) is 3. The molecule has 1 N–H and O–H groups in total. The van der Waals surface area contributed by atoms with Crippen LogP contribution >= 0.6 is 0 Å². The lowest BCUT2D eigenvalue weighted by Gasteiger charge is -2.39. The fourth-order valence-corrected chi connectivity index (χ4v) is 3.44. The van der Waals surface area contributed by atoms with Crippen LogP contribution in [0.15, 0.2) is 35.6 Å². The number of Topliss-reactive ketones (excluding diaryl/α,β-unsaturated/α-hetero) is 1. The van der Waals surface area contributed by atoms with Crippen molar-refractivity contribution >= 4 is 11.8 Å². The van der Waals surface area contributed by atoms with Crippen molar-refractivity contribution < 1.29 is 28.9 Å². The Bertz CT molecular complexity index is 705. The minimum Gasteiger partial charge on any atom is -0.497 e. The van der Waals surface area contributed by atoms with Gasteiger partial charge in [0, 0.05) is 30.8 Å². The largest absolute Gasteiger partial charge is 0.497 e. The van der Waals surface area contributed by atoms with E-state index in [-0.39, 0.29) is 18.8 Å². The summed E-state index contributed by atoms with van der Waals surface area (Å²) in [6.45, 7) is 1.81. The van der Waals surface area contributed by atoms with Gasteiger partial charge in [0.05, 0.1) is 13.7 Å². The second-order valence-corrected chi connectivity index (χ2v) is 6.25. The molecule has 0 bridgehead atoms. The van der Waals surface area contributed by atoms with Gasteiger partial charge < -0.3 is 19.3 Å². The van der Waals surface area contributed by atoms with E-state index in [9.17, 15) is 14.7 Å². The third kappa shape index (κ3) is 3.26. The van der Waals surface area contributed by atoms with Gasteiger partial charge in [-0.3, -0.25) is 4.79 Å². The van der Waals surface area contributed by atoms with Crippen molar-refractivity contribution in [2.24, 2.45) is 0 Å². The predicted molar refractivity (Wildman–Crippen MR) is 88.9 cm³/mol. The first kappa shape index (κ1) is 17.5. The van der Waals surface area contributed by atoms with E-state index in [1.54, 1.807) is 26.2 Å². The van der Waals surface area contributed by atoms with Crippen LogP contribution in [-0.4, -0.2) is 36.4 Å². The molecule has 1 aromatic carbocycles. The third-order valence-electron chi connectivity index (χ3n) is 4.64. The number of allylic oxidation sites excluding steroid dienone is 2. The molecule has 0 saturated heterocycles. The maximum absolute atomic E-state index is 12.5.